The Morgan fingerprint density at radius 2 is 1.95 bits per heavy atom. The fraction of sp³-hybridized carbons (Fsp3) is 0.0667. The topological polar surface area (TPSA) is 75.4 Å². The Bertz CT molecular complexity index is 871. The number of aryl methyl sites for hydroxylation is 1. The van der Waals surface area contributed by atoms with Gasteiger partial charge in [0.15, 0.2) is 5.69 Å². The largest absolute Gasteiger partial charge is 0.507 e. The first-order valence-corrected chi connectivity index (χ1v) is 6.53. The Morgan fingerprint density at radius 1 is 1.19 bits per heavy atom. The van der Waals surface area contributed by atoms with Crippen molar-refractivity contribution in [3.8, 4) is 17.0 Å². The zero-order valence-electron chi connectivity index (χ0n) is 11.0. The molecule has 0 saturated carbocycles. The molecule has 0 aliphatic heterocycles. The van der Waals surface area contributed by atoms with Gasteiger partial charge in [0, 0.05) is 17.6 Å². The van der Waals surface area contributed by atoms with Crippen LogP contribution >= 0.6 is 11.6 Å². The third-order valence-corrected chi connectivity index (χ3v) is 3.53. The number of nitrogens with zero attached hydrogens (tertiary/aromatic N) is 2. The summed E-state index contributed by atoms with van der Waals surface area (Å²) in [5, 5.41) is 25.4. The van der Waals surface area contributed by atoms with Gasteiger partial charge < -0.3 is 10.2 Å². The zero-order valence-corrected chi connectivity index (χ0v) is 11.8. The van der Waals surface area contributed by atoms with Gasteiger partial charge in [-0.3, -0.25) is 4.68 Å². The van der Waals surface area contributed by atoms with Gasteiger partial charge in [0.1, 0.15) is 5.75 Å². The fourth-order valence-electron chi connectivity index (χ4n) is 2.29. The minimum Gasteiger partial charge on any atom is -0.507 e. The molecule has 0 saturated heterocycles. The lowest BCUT2D eigenvalue weighted by molar-refractivity contribution is 0.0689. The monoisotopic (exact) mass is 302 g/mol. The van der Waals surface area contributed by atoms with Gasteiger partial charge in [-0.05, 0) is 41.1 Å². The summed E-state index contributed by atoms with van der Waals surface area (Å²) in [6, 6.07) is 10.2. The molecule has 3 rings (SSSR count). The van der Waals surface area contributed by atoms with Crippen LogP contribution in [0, 0.1) is 0 Å². The van der Waals surface area contributed by atoms with Gasteiger partial charge in [-0.2, -0.15) is 5.10 Å². The SMILES string of the molecule is Cn1nc(C(=O)O)cc1-c1cc2cc(Cl)ccc2cc1O. The number of aromatic hydroxyl groups is 1. The number of aromatic carboxylic acids is 1. The Hall–Kier alpha value is -2.53. The van der Waals surface area contributed by atoms with Gasteiger partial charge >= 0.3 is 5.97 Å². The van der Waals surface area contributed by atoms with E-state index in [2.05, 4.69) is 5.10 Å². The van der Waals surface area contributed by atoms with Crippen LogP contribution in [0.3, 0.4) is 0 Å². The first-order valence-electron chi connectivity index (χ1n) is 6.15. The third-order valence-electron chi connectivity index (χ3n) is 3.29. The van der Waals surface area contributed by atoms with Crippen LogP contribution in [0.15, 0.2) is 36.4 Å². The average molecular weight is 303 g/mol. The van der Waals surface area contributed by atoms with E-state index in [1.165, 1.54) is 10.7 Å². The molecule has 5 nitrogen and oxygen atoms in total. The number of rotatable bonds is 2. The van der Waals surface area contributed by atoms with Crippen LogP contribution in [-0.4, -0.2) is 26.0 Å². The Labute approximate surface area is 125 Å². The molecule has 1 aromatic heterocycles. The van der Waals surface area contributed by atoms with Crippen molar-refractivity contribution in [3.05, 3.63) is 47.1 Å². The fourth-order valence-corrected chi connectivity index (χ4v) is 2.47. The molecule has 0 aliphatic rings. The number of phenols is 1. The Balaban J connectivity index is 2.24. The maximum atomic E-state index is 11.0. The predicted molar refractivity (Wildman–Crippen MR) is 79.8 cm³/mol. The first kappa shape index (κ1) is 13.5. The van der Waals surface area contributed by atoms with Crippen molar-refractivity contribution in [3.63, 3.8) is 0 Å². The van der Waals surface area contributed by atoms with Crippen molar-refractivity contribution in [2.75, 3.05) is 0 Å². The van der Waals surface area contributed by atoms with Crippen molar-refractivity contribution in [2.45, 2.75) is 0 Å². The van der Waals surface area contributed by atoms with Gasteiger partial charge in [0.05, 0.1) is 5.69 Å². The molecule has 0 atom stereocenters. The second-order valence-corrected chi connectivity index (χ2v) is 5.14. The number of hydrogen-bond donors (Lipinski definition) is 2. The minimum atomic E-state index is -1.11. The van der Waals surface area contributed by atoms with Crippen molar-refractivity contribution in [1.29, 1.82) is 0 Å². The summed E-state index contributed by atoms with van der Waals surface area (Å²) in [5.41, 5.74) is 0.956. The molecule has 0 fully saturated rings. The second kappa shape index (κ2) is 4.79. The summed E-state index contributed by atoms with van der Waals surface area (Å²) in [6.45, 7) is 0. The number of carboxylic acids is 1. The van der Waals surface area contributed by atoms with E-state index in [0.717, 1.165) is 10.8 Å². The number of aromatic nitrogens is 2. The van der Waals surface area contributed by atoms with Crippen molar-refractivity contribution < 1.29 is 15.0 Å². The van der Waals surface area contributed by atoms with Gasteiger partial charge in [-0.15, -0.1) is 0 Å². The number of fused-ring (bicyclic) bond motifs is 1. The van der Waals surface area contributed by atoms with Crippen LogP contribution in [0.2, 0.25) is 5.02 Å². The van der Waals surface area contributed by atoms with E-state index >= 15 is 0 Å². The van der Waals surface area contributed by atoms with Crippen LogP contribution in [0.25, 0.3) is 22.0 Å². The van der Waals surface area contributed by atoms with Gasteiger partial charge in [-0.25, -0.2) is 4.79 Å². The van der Waals surface area contributed by atoms with Crippen LogP contribution in [0.5, 0.6) is 5.75 Å². The van der Waals surface area contributed by atoms with E-state index in [4.69, 9.17) is 16.7 Å². The predicted octanol–water partition coefficient (Wildman–Crippen LogP) is 3.30. The van der Waals surface area contributed by atoms with Crippen molar-refractivity contribution in [2.24, 2.45) is 7.05 Å². The molecule has 0 bridgehead atoms. The maximum Gasteiger partial charge on any atom is 0.356 e. The highest BCUT2D eigenvalue weighted by atomic mass is 35.5. The Morgan fingerprint density at radius 3 is 2.62 bits per heavy atom. The third kappa shape index (κ3) is 2.32. The summed E-state index contributed by atoms with van der Waals surface area (Å²) in [4.78, 5) is 11.0. The van der Waals surface area contributed by atoms with E-state index in [1.807, 2.05) is 6.07 Å². The lowest BCUT2D eigenvalue weighted by Gasteiger charge is -2.07. The smallest absolute Gasteiger partial charge is 0.356 e. The molecule has 0 radical (unpaired) electrons. The molecule has 0 spiro atoms. The first-order chi connectivity index (χ1) is 9.95. The van der Waals surface area contributed by atoms with E-state index in [1.54, 1.807) is 31.3 Å². The van der Waals surface area contributed by atoms with Crippen molar-refractivity contribution >= 4 is 28.3 Å². The molecule has 2 N–H and O–H groups in total. The molecule has 0 unspecified atom stereocenters. The standard InChI is InChI=1S/C15H11ClN2O3/c1-18-13(7-12(17-18)15(20)21)11-5-9-4-10(16)3-2-8(9)6-14(11)19/h2-7,19H,1H3,(H,20,21). The number of halogens is 1. The lowest BCUT2D eigenvalue weighted by atomic mass is 10.0. The lowest BCUT2D eigenvalue weighted by Crippen LogP contribution is -1.99. The summed E-state index contributed by atoms with van der Waals surface area (Å²) < 4.78 is 1.43. The van der Waals surface area contributed by atoms with Gasteiger partial charge in [0.2, 0.25) is 0 Å². The van der Waals surface area contributed by atoms with E-state index < -0.39 is 5.97 Å². The second-order valence-electron chi connectivity index (χ2n) is 4.70. The highest BCUT2D eigenvalue weighted by molar-refractivity contribution is 6.31. The highest BCUT2D eigenvalue weighted by Gasteiger charge is 2.15. The summed E-state index contributed by atoms with van der Waals surface area (Å²) >= 11 is 5.98. The molecule has 2 aromatic carbocycles. The molecule has 0 aliphatic carbocycles. The Kier molecular flexibility index (Phi) is 3.07. The zero-order chi connectivity index (χ0) is 15.1. The molecule has 6 heteroatoms. The van der Waals surface area contributed by atoms with E-state index in [9.17, 15) is 9.90 Å². The highest BCUT2D eigenvalue weighted by Crippen LogP contribution is 2.34. The van der Waals surface area contributed by atoms with Crippen LogP contribution in [-0.2, 0) is 7.05 Å². The average Bonchev–Trinajstić information content (AvgIpc) is 2.81. The van der Waals surface area contributed by atoms with E-state index in [-0.39, 0.29) is 11.4 Å². The number of phenolic OH excluding ortho intramolecular Hbond substituents is 1. The summed E-state index contributed by atoms with van der Waals surface area (Å²) in [5.74, 6) is -1.05. The van der Waals surface area contributed by atoms with Crippen molar-refractivity contribution in [1.82, 2.24) is 9.78 Å². The summed E-state index contributed by atoms with van der Waals surface area (Å²) in [7, 11) is 1.63. The summed E-state index contributed by atoms with van der Waals surface area (Å²) in [6.07, 6.45) is 0. The molecular weight excluding hydrogens is 292 g/mol. The molecule has 0 amide bonds. The number of carbonyl (C=O) groups is 1. The number of benzene rings is 2. The van der Waals surface area contributed by atoms with Gasteiger partial charge in [0.25, 0.3) is 0 Å². The minimum absolute atomic E-state index is 0.0600. The van der Waals surface area contributed by atoms with Crippen LogP contribution in [0.4, 0.5) is 0 Å². The molecule has 3 aromatic rings. The van der Waals surface area contributed by atoms with Crippen LogP contribution < -0.4 is 0 Å². The molecule has 21 heavy (non-hydrogen) atoms. The van der Waals surface area contributed by atoms with Gasteiger partial charge in [-0.1, -0.05) is 17.7 Å². The van der Waals surface area contributed by atoms with Crippen LogP contribution in [0.1, 0.15) is 10.5 Å². The number of hydrogen-bond acceptors (Lipinski definition) is 3. The normalized spacial score (nSPS) is 11.0. The molecule has 1 heterocycles. The molecular formula is C15H11ClN2O3. The maximum absolute atomic E-state index is 11.0. The van der Waals surface area contributed by atoms with E-state index in [0.29, 0.717) is 16.3 Å². The number of carboxylic acid groups (broad SMARTS) is 1. The quantitative estimate of drug-likeness (QED) is 0.761. The molecule has 106 valence electrons.